The molecule has 0 spiro atoms. The van der Waals surface area contributed by atoms with Gasteiger partial charge in [-0.25, -0.2) is 4.79 Å². The van der Waals surface area contributed by atoms with Gasteiger partial charge in [0.1, 0.15) is 0 Å². The van der Waals surface area contributed by atoms with Crippen LogP contribution in [0.25, 0.3) is 21.5 Å². The fourth-order valence-electron chi connectivity index (χ4n) is 7.83. The standard InChI is InChI=1S/C44H58B2N4O6/c1-56-44(51)33-22-23-38-39(28-33)41(32-50(27-15-5-3-13-25-48)30-35-17-7-11-21-43(35)46(54)55)37-19-9-8-18-36(37)40(38)31-49(26-14-4-2-12-24-47)29-34-16-6-10-20-42(34)45(52)53/h6-11,16-23,28,52-55H,2-5,12-15,24-27,29-32,47-48H2,1H3. The zero-order valence-electron chi connectivity index (χ0n) is 32.8. The molecule has 0 aliphatic carbocycles. The van der Waals surface area contributed by atoms with E-state index in [9.17, 15) is 24.9 Å². The molecule has 12 heteroatoms. The maximum absolute atomic E-state index is 13.0. The van der Waals surface area contributed by atoms with Crippen LogP contribution in [0.5, 0.6) is 0 Å². The van der Waals surface area contributed by atoms with Gasteiger partial charge in [0.2, 0.25) is 0 Å². The van der Waals surface area contributed by atoms with Crippen LogP contribution in [-0.4, -0.2) is 83.4 Å². The van der Waals surface area contributed by atoms with E-state index in [0.29, 0.717) is 55.8 Å². The number of esters is 1. The Morgan fingerprint density at radius 3 is 1.45 bits per heavy atom. The van der Waals surface area contributed by atoms with E-state index in [2.05, 4.69) is 28.0 Å². The number of carbonyl (C=O) groups is 1. The Kier molecular flexibility index (Phi) is 16.9. The van der Waals surface area contributed by atoms with Crippen molar-refractivity contribution in [3.8, 4) is 0 Å². The molecule has 0 atom stereocenters. The van der Waals surface area contributed by atoms with Gasteiger partial charge in [0.25, 0.3) is 0 Å². The molecular weight excluding hydrogens is 702 g/mol. The second-order valence-corrected chi connectivity index (χ2v) is 14.7. The average molecular weight is 761 g/mol. The van der Waals surface area contributed by atoms with E-state index in [1.165, 1.54) is 7.11 Å². The van der Waals surface area contributed by atoms with Gasteiger partial charge in [-0.15, -0.1) is 0 Å². The molecule has 0 aliphatic rings. The number of fused-ring (bicyclic) bond motifs is 2. The Morgan fingerprint density at radius 1 is 0.554 bits per heavy atom. The monoisotopic (exact) mass is 760 g/mol. The first-order valence-electron chi connectivity index (χ1n) is 20.0. The van der Waals surface area contributed by atoms with Crippen LogP contribution >= 0.6 is 0 Å². The van der Waals surface area contributed by atoms with E-state index in [1.807, 2.05) is 60.7 Å². The quantitative estimate of drug-likeness (QED) is 0.0246. The number of hydrogen-bond donors (Lipinski definition) is 6. The topological polar surface area (TPSA) is 166 Å². The van der Waals surface area contributed by atoms with Gasteiger partial charge in [-0.3, -0.25) is 9.80 Å². The number of unbranched alkanes of at least 4 members (excludes halogenated alkanes) is 6. The van der Waals surface area contributed by atoms with Gasteiger partial charge in [-0.2, -0.15) is 0 Å². The van der Waals surface area contributed by atoms with Crippen molar-refractivity contribution >= 4 is 52.7 Å². The first kappa shape index (κ1) is 43.0. The van der Waals surface area contributed by atoms with Gasteiger partial charge < -0.3 is 36.3 Å². The number of hydrogen-bond acceptors (Lipinski definition) is 10. The summed E-state index contributed by atoms with van der Waals surface area (Å²) in [4.78, 5) is 17.8. The lowest BCUT2D eigenvalue weighted by Gasteiger charge is -2.28. The second-order valence-electron chi connectivity index (χ2n) is 14.7. The SMILES string of the molecule is COC(=O)c1ccc2c(CN(CCCCCCN)Cc3ccccc3B(O)O)c3ccccc3c(CN(CCCCCCN)Cc3ccccc3B(O)O)c2c1. The highest BCUT2D eigenvalue weighted by atomic mass is 16.5. The molecule has 0 amide bonds. The summed E-state index contributed by atoms with van der Waals surface area (Å²) in [6.07, 6.45) is 8.05. The van der Waals surface area contributed by atoms with E-state index >= 15 is 0 Å². The van der Waals surface area contributed by atoms with Crippen LogP contribution < -0.4 is 22.4 Å². The van der Waals surface area contributed by atoms with Crippen molar-refractivity contribution in [2.75, 3.05) is 33.3 Å². The number of nitrogens with two attached hydrogens (primary N) is 2. The first-order valence-corrected chi connectivity index (χ1v) is 20.0. The largest absolute Gasteiger partial charge is 0.488 e. The van der Waals surface area contributed by atoms with E-state index < -0.39 is 20.2 Å². The van der Waals surface area contributed by atoms with Gasteiger partial charge in [0, 0.05) is 26.2 Å². The normalized spacial score (nSPS) is 11.6. The molecule has 0 saturated carbocycles. The average Bonchev–Trinajstić information content (AvgIpc) is 3.21. The van der Waals surface area contributed by atoms with Gasteiger partial charge in [0.15, 0.2) is 0 Å². The zero-order valence-corrected chi connectivity index (χ0v) is 32.8. The number of rotatable bonds is 23. The molecule has 0 saturated heterocycles. The maximum atomic E-state index is 13.0. The Morgan fingerprint density at radius 2 is 0.982 bits per heavy atom. The molecular formula is C44H58B2N4O6. The fourth-order valence-corrected chi connectivity index (χ4v) is 7.83. The molecule has 10 nitrogen and oxygen atoms in total. The Balaban J connectivity index is 1.63. The summed E-state index contributed by atoms with van der Waals surface area (Å²) in [5.41, 5.74) is 16.9. The van der Waals surface area contributed by atoms with Gasteiger partial charge in [-0.05, 0) is 119 Å². The van der Waals surface area contributed by atoms with Crippen molar-refractivity contribution in [2.45, 2.75) is 77.5 Å². The highest BCUT2D eigenvalue weighted by Gasteiger charge is 2.23. The summed E-state index contributed by atoms with van der Waals surface area (Å²) in [5, 5.41) is 45.1. The van der Waals surface area contributed by atoms with Crippen LogP contribution in [0.1, 0.15) is 84.0 Å². The molecule has 0 aliphatic heterocycles. The molecule has 8 N–H and O–H groups in total. The molecule has 0 bridgehead atoms. The molecule has 0 unspecified atom stereocenters. The summed E-state index contributed by atoms with van der Waals surface area (Å²) in [5.74, 6) is -0.409. The predicted octanol–water partition coefficient (Wildman–Crippen LogP) is 4.18. The van der Waals surface area contributed by atoms with E-state index in [-0.39, 0.29) is 0 Å². The highest BCUT2D eigenvalue weighted by molar-refractivity contribution is 6.59. The van der Waals surface area contributed by atoms with Gasteiger partial charge >= 0.3 is 20.2 Å². The van der Waals surface area contributed by atoms with Crippen LogP contribution in [0.15, 0.2) is 91.0 Å². The van der Waals surface area contributed by atoms with Crippen molar-refractivity contribution in [3.63, 3.8) is 0 Å². The lowest BCUT2D eigenvalue weighted by Crippen LogP contribution is -2.36. The third-order valence-electron chi connectivity index (χ3n) is 10.7. The molecule has 0 heterocycles. The molecule has 56 heavy (non-hydrogen) atoms. The van der Waals surface area contributed by atoms with Crippen molar-refractivity contribution in [3.05, 3.63) is 119 Å². The third-order valence-corrected chi connectivity index (χ3v) is 10.7. The number of nitrogens with zero attached hydrogens (tertiary/aromatic N) is 2. The Labute approximate surface area is 332 Å². The van der Waals surface area contributed by atoms with Gasteiger partial charge in [-0.1, -0.05) is 105 Å². The highest BCUT2D eigenvalue weighted by Crippen LogP contribution is 2.36. The van der Waals surface area contributed by atoms with E-state index in [1.54, 1.807) is 12.1 Å². The van der Waals surface area contributed by atoms with Crippen molar-refractivity contribution in [1.82, 2.24) is 9.80 Å². The number of benzene rings is 5. The van der Waals surface area contributed by atoms with E-state index in [4.69, 9.17) is 16.2 Å². The molecule has 0 aromatic heterocycles. The minimum Gasteiger partial charge on any atom is -0.465 e. The minimum atomic E-state index is -1.59. The lowest BCUT2D eigenvalue weighted by atomic mass is 9.77. The second kappa shape index (κ2) is 22.0. The summed E-state index contributed by atoms with van der Waals surface area (Å²) >= 11 is 0. The molecule has 5 rings (SSSR count). The third kappa shape index (κ3) is 11.5. The molecule has 296 valence electrons. The van der Waals surface area contributed by atoms with Gasteiger partial charge in [0.05, 0.1) is 12.7 Å². The maximum Gasteiger partial charge on any atom is 0.488 e. The van der Waals surface area contributed by atoms with Crippen molar-refractivity contribution in [1.29, 1.82) is 0 Å². The number of carbonyl (C=O) groups excluding carboxylic acids is 1. The zero-order chi connectivity index (χ0) is 39.9. The minimum absolute atomic E-state index is 0.409. The number of ether oxygens (including phenoxy) is 1. The van der Waals surface area contributed by atoms with Crippen molar-refractivity contribution in [2.24, 2.45) is 11.5 Å². The fraction of sp³-hybridized carbons (Fsp3) is 0.386. The summed E-state index contributed by atoms with van der Waals surface area (Å²) in [6.45, 7) is 5.10. The molecule has 0 radical (unpaired) electrons. The Hall–Kier alpha value is -4.10. The van der Waals surface area contributed by atoms with E-state index in [0.717, 1.165) is 108 Å². The molecule has 5 aromatic carbocycles. The number of methoxy groups -OCH3 is 1. The van der Waals surface area contributed by atoms with Crippen LogP contribution in [0.3, 0.4) is 0 Å². The molecule has 5 aromatic rings. The summed E-state index contributed by atoms with van der Waals surface area (Å²) < 4.78 is 5.19. The predicted molar refractivity (Wildman–Crippen MR) is 229 cm³/mol. The van der Waals surface area contributed by atoms with Crippen LogP contribution in [0.4, 0.5) is 0 Å². The summed E-state index contributed by atoms with van der Waals surface area (Å²) in [7, 11) is -1.77. The smallest absolute Gasteiger partial charge is 0.465 e. The van der Waals surface area contributed by atoms with Crippen LogP contribution in [-0.2, 0) is 30.9 Å². The van der Waals surface area contributed by atoms with Crippen LogP contribution in [0.2, 0.25) is 0 Å². The van der Waals surface area contributed by atoms with Crippen LogP contribution in [0, 0.1) is 0 Å². The van der Waals surface area contributed by atoms with Crippen molar-refractivity contribution < 1.29 is 29.6 Å². The molecule has 0 fully saturated rings. The Bertz CT molecular complexity index is 2010. The lowest BCUT2D eigenvalue weighted by molar-refractivity contribution is 0.0601. The summed E-state index contributed by atoms with van der Waals surface area (Å²) in [6, 6.07) is 29.2. The first-order chi connectivity index (χ1) is 27.2.